The summed E-state index contributed by atoms with van der Waals surface area (Å²) >= 11 is 3.09. The van der Waals surface area contributed by atoms with Crippen molar-refractivity contribution in [1.29, 1.82) is 0 Å². The van der Waals surface area contributed by atoms with E-state index in [9.17, 15) is 20.0 Å². The molecule has 0 radical (unpaired) electrons. The third kappa shape index (κ3) is 2.66. The molecule has 98 valence electrons. The van der Waals surface area contributed by atoms with Crippen LogP contribution in [0.15, 0.2) is 16.7 Å². The zero-order valence-electron chi connectivity index (χ0n) is 10.0. The molecule has 0 saturated carbocycles. The number of aromatic nitrogens is 1. The van der Waals surface area contributed by atoms with Crippen LogP contribution in [0.25, 0.3) is 0 Å². The number of hydrogen-bond donors (Lipinski definition) is 1. The lowest BCUT2D eigenvalue weighted by molar-refractivity contribution is -0.386. The number of carboxylic acid groups (broad SMARTS) is 1. The Hall–Kier alpha value is -1.50. The van der Waals surface area contributed by atoms with E-state index in [2.05, 4.69) is 20.9 Å². The van der Waals surface area contributed by atoms with Crippen molar-refractivity contribution >= 4 is 27.6 Å². The van der Waals surface area contributed by atoms with Crippen LogP contribution in [0.5, 0.6) is 0 Å². The van der Waals surface area contributed by atoms with E-state index in [1.807, 2.05) is 6.92 Å². The molecule has 18 heavy (non-hydrogen) atoms. The zero-order valence-corrected chi connectivity index (χ0v) is 11.6. The minimum atomic E-state index is -1.35. The van der Waals surface area contributed by atoms with Gasteiger partial charge in [-0.3, -0.25) is 19.9 Å². The van der Waals surface area contributed by atoms with E-state index < -0.39 is 16.3 Å². The van der Waals surface area contributed by atoms with Gasteiger partial charge in [-0.05, 0) is 29.3 Å². The lowest BCUT2D eigenvalue weighted by Gasteiger charge is -2.23. The number of carboxylic acids is 1. The topological polar surface area (TPSA) is 93.3 Å². The van der Waals surface area contributed by atoms with Gasteiger partial charge in [-0.25, -0.2) is 0 Å². The first-order chi connectivity index (χ1) is 8.32. The molecule has 1 atom stereocenters. The molecule has 1 rings (SSSR count). The Kier molecular flexibility index (Phi) is 4.39. The van der Waals surface area contributed by atoms with Gasteiger partial charge in [-0.1, -0.05) is 13.3 Å². The van der Waals surface area contributed by atoms with Crippen LogP contribution in [0.2, 0.25) is 0 Å². The number of nitrogens with zero attached hydrogens (tertiary/aromatic N) is 2. The van der Waals surface area contributed by atoms with E-state index in [0.717, 1.165) is 0 Å². The number of halogens is 1. The standard InChI is InChI=1S/C11H13BrN2O4/c1-3-4-11(2,10(15)16)9-8(14(17)18)5-7(12)6-13-9/h5-6H,3-4H2,1-2H3,(H,15,16). The van der Waals surface area contributed by atoms with Crippen molar-refractivity contribution in [2.75, 3.05) is 0 Å². The van der Waals surface area contributed by atoms with Crippen LogP contribution in [-0.2, 0) is 10.2 Å². The molecule has 0 aliphatic heterocycles. The first-order valence-electron chi connectivity index (χ1n) is 5.36. The summed E-state index contributed by atoms with van der Waals surface area (Å²) in [6.45, 7) is 3.29. The van der Waals surface area contributed by atoms with Crippen molar-refractivity contribution in [1.82, 2.24) is 4.98 Å². The number of aliphatic carboxylic acids is 1. The van der Waals surface area contributed by atoms with Crippen LogP contribution in [0, 0.1) is 10.1 Å². The molecule has 1 aromatic rings. The normalized spacial score (nSPS) is 13.9. The van der Waals surface area contributed by atoms with Crippen molar-refractivity contribution in [3.8, 4) is 0 Å². The minimum absolute atomic E-state index is 0.00921. The second-order valence-corrected chi connectivity index (χ2v) is 5.08. The number of carbonyl (C=O) groups is 1. The summed E-state index contributed by atoms with van der Waals surface area (Å²) in [4.78, 5) is 25.7. The van der Waals surface area contributed by atoms with Crippen LogP contribution in [0.3, 0.4) is 0 Å². The Morgan fingerprint density at radius 2 is 2.28 bits per heavy atom. The molecule has 7 heteroatoms. The summed E-state index contributed by atoms with van der Waals surface area (Å²) < 4.78 is 0.446. The average Bonchev–Trinajstić information content (AvgIpc) is 2.28. The largest absolute Gasteiger partial charge is 0.481 e. The first-order valence-corrected chi connectivity index (χ1v) is 6.16. The predicted octanol–water partition coefficient (Wildman–Crippen LogP) is 2.89. The highest BCUT2D eigenvalue weighted by Crippen LogP contribution is 2.35. The van der Waals surface area contributed by atoms with Gasteiger partial charge in [0.2, 0.25) is 0 Å². The molecule has 0 fully saturated rings. The maximum absolute atomic E-state index is 11.4. The van der Waals surface area contributed by atoms with E-state index in [4.69, 9.17) is 0 Å². The highest BCUT2D eigenvalue weighted by atomic mass is 79.9. The van der Waals surface area contributed by atoms with Crippen molar-refractivity contribution < 1.29 is 14.8 Å². The maximum Gasteiger partial charge on any atom is 0.315 e. The molecule has 0 saturated heterocycles. The van der Waals surface area contributed by atoms with Crippen LogP contribution in [0.1, 0.15) is 32.4 Å². The van der Waals surface area contributed by atoms with E-state index in [1.165, 1.54) is 19.2 Å². The van der Waals surface area contributed by atoms with Gasteiger partial charge in [0.05, 0.1) is 4.92 Å². The van der Waals surface area contributed by atoms with Gasteiger partial charge in [-0.2, -0.15) is 0 Å². The monoisotopic (exact) mass is 316 g/mol. The predicted molar refractivity (Wildman–Crippen MR) is 68.5 cm³/mol. The molecule has 1 aromatic heterocycles. The fraction of sp³-hybridized carbons (Fsp3) is 0.455. The van der Waals surface area contributed by atoms with Crippen LogP contribution >= 0.6 is 15.9 Å². The first kappa shape index (κ1) is 14.6. The third-order valence-electron chi connectivity index (χ3n) is 2.78. The number of nitro groups is 1. The summed E-state index contributed by atoms with van der Waals surface area (Å²) in [6, 6.07) is 1.28. The van der Waals surface area contributed by atoms with Gasteiger partial charge in [-0.15, -0.1) is 0 Å². The zero-order chi connectivity index (χ0) is 13.9. The van der Waals surface area contributed by atoms with Gasteiger partial charge < -0.3 is 5.11 Å². The van der Waals surface area contributed by atoms with Crippen molar-refractivity contribution in [2.45, 2.75) is 32.1 Å². The fourth-order valence-electron chi connectivity index (χ4n) is 1.82. The summed E-state index contributed by atoms with van der Waals surface area (Å²) in [6.07, 6.45) is 2.26. The smallest absolute Gasteiger partial charge is 0.315 e. The summed E-state index contributed by atoms with van der Waals surface area (Å²) in [5.74, 6) is -1.11. The molecule has 1 unspecified atom stereocenters. The quantitative estimate of drug-likeness (QED) is 0.666. The highest BCUT2D eigenvalue weighted by molar-refractivity contribution is 9.10. The Morgan fingerprint density at radius 1 is 1.67 bits per heavy atom. The van der Waals surface area contributed by atoms with Gasteiger partial charge in [0.15, 0.2) is 0 Å². The molecule has 6 nitrogen and oxygen atoms in total. The Morgan fingerprint density at radius 3 is 2.72 bits per heavy atom. The van der Waals surface area contributed by atoms with Crippen molar-refractivity contribution in [2.24, 2.45) is 0 Å². The summed E-state index contributed by atoms with van der Waals surface area (Å²) in [5, 5.41) is 20.3. The number of hydrogen-bond acceptors (Lipinski definition) is 4. The molecule has 1 heterocycles. The van der Waals surface area contributed by atoms with Crippen LogP contribution in [-0.4, -0.2) is 21.0 Å². The van der Waals surface area contributed by atoms with Crippen molar-refractivity contribution in [3.63, 3.8) is 0 Å². The molecule has 0 spiro atoms. The third-order valence-corrected chi connectivity index (χ3v) is 3.21. The second kappa shape index (κ2) is 5.43. The van der Waals surface area contributed by atoms with E-state index >= 15 is 0 Å². The van der Waals surface area contributed by atoms with E-state index in [0.29, 0.717) is 10.9 Å². The molecule has 0 aromatic carbocycles. The SMILES string of the molecule is CCCC(C)(C(=O)O)c1ncc(Br)cc1[N+](=O)[O-]. The van der Waals surface area contributed by atoms with Crippen molar-refractivity contribution in [3.05, 3.63) is 32.5 Å². The molecule has 1 N–H and O–H groups in total. The lowest BCUT2D eigenvalue weighted by atomic mass is 9.81. The fourth-order valence-corrected chi connectivity index (χ4v) is 2.14. The molecule has 0 aliphatic rings. The van der Waals surface area contributed by atoms with E-state index in [-0.39, 0.29) is 17.8 Å². The molecular formula is C11H13BrN2O4. The molecule has 0 bridgehead atoms. The lowest BCUT2D eigenvalue weighted by Crippen LogP contribution is -2.34. The molecule has 0 amide bonds. The Balaban J connectivity index is 3.46. The highest BCUT2D eigenvalue weighted by Gasteiger charge is 2.41. The van der Waals surface area contributed by atoms with Gasteiger partial charge in [0, 0.05) is 16.7 Å². The Bertz CT molecular complexity index is 492. The Labute approximate surface area is 112 Å². The number of pyridine rings is 1. The van der Waals surface area contributed by atoms with Crippen LogP contribution < -0.4 is 0 Å². The maximum atomic E-state index is 11.4. The van der Waals surface area contributed by atoms with Crippen LogP contribution in [0.4, 0.5) is 5.69 Å². The van der Waals surface area contributed by atoms with Gasteiger partial charge >= 0.3 is 5.97 Å². The van der Waals surface area contributed by atoms with Gasteiger partial charge in [0.25, 0.3) is 5.69 Å². The average molecular weight is 317 g/mol. The summed E-state index contributed by atoms with van der Waals surface area (Å²) in [7, 11) is 0. The summed E-state index contributed by atoms with van der Waals surface area (Å²) in [5.41, 5.74) is -1.63. The van der Waals surface area contributed by atoms with Gasteiger partial charge in [0.1, 0.15) is 11.1 Å². The minimum Gasteiger partial charge on any atom is -0.481 e. The molecule has 0 aliphatic carbocycles. The number of rotatable bonds is 5. The second-order valence-electron chi connectivity index (χ2n) is 4.17. The van der Waals surface area contributed by atoms with E-state index in [1.54, 1.807) is 0 Å². The molecular weight excluding hydrogens is 304 g/mol.